The van der Waals surface area contributed by atoms with E-state index in [4.69, 9.17) is 4.42 Å². The lowest BCUT2D eigenvalue weighted by Gasteiger charge is -2.15. The zero-order valence-electron chi connectivity index (χ0n) is 11.2. The van der Waals surface area contributed by atoms with Crippen LogP contribution in [0.4, 0.5) is 5.69 Å². The summed E-state index contributed by atoms with van der Waals surface area (Å²) in [4.78, 5) is 18.3. The highest BCUT2D eigenvalue weighted by Crippen LogP contribution is 2.15. The van der Waals surface area contributed by atoms with Crippen molar-refractivity contribution in [2.24, 2.45) is 0 Å². The van der Waals surface area contributed by atoms with E-state index in [1.54, 1.807) is 18.7 Å². The molecule has 1 aliphatic heterocycles. The molecule has 0 aromatic carbocycles. The molecule has 1 N–H and O–H groups in total. The van der Waals surface area contributed by atoms with Gasteiger partial charge in [0.2, 0.25) is 0 Å². The maximum Gasteiger partial charge on any atom is 0.255 e. The lowest BCUT2D eigenvalue weighted by molar-refractivity contribution is 0.0792. The van der Waals surface area contributed by atoms with E-state index in [2.05, 4.69) is 10.3 Å². The second-order valence-electron chi connectivity index (χ2n) is 4.89. The minimum atomic E-state index is 0.0663. The summed E-state index contributed by atoms with van der Waals surface area (Å²) in [5, 5.41) is 3.21. The van der Waals surface area contributed by atoms with E-state index < -0.39 is 0 Å². The first-order valence-corrected chi connectivity index (χ1v) is 6.83. The van der Waals surface area contributed by atoms with E-state index in [1.165, 1.54) is 0 Å². The zero-order chi connectivity index (χ0) is 13.8. The average molecular weight is 271 g/mol. The number of nitrogens with zero attached hydrogens (tertiary/aromatic N) is 2. The van der Waals surface area contributed by atoms with Gasteiger partial charge in [-0.15, -0.1) is 0 Å². The van der Waals surface area contributed by atoms with Crippen molar-refractivity contribution < 1.29 is 9.21 Å². The third kappa shape index (κ3) is 2.82. The van der Waals surface area contributed by atoms with Crippen LogP contribution in [0.2, 0.25) is 0 Å². The molecule has 1 aliphatic rings. The van der Waals surface area contributed by atoms with Crippen LogP contribution in [0.5, 0.6) is 0 Å². The van der Waals surface area contributed by atoms with Gasteiger partial charge < -0.3 is 14.6 Å². The Morgan fingerprint density at radius 2 is 2.20 bits per heavy atom. The van der Waals surface area contributed by atoms with Gasteiger partial charge in [0, 0.05) is 25.5 Å². The molecule has 2 aromatic heterocycles. The van der Waals surface area contributed by atoms with Gasteiger partial charge in [-0.2, -0.15) is 0 Å². The minimum absolute atomic E-state index is 0.0663. The van der Waals surface area contributed by atoms with Crippen molar-refractivity contribution in [3.05, 3.63) is 48.2 Å². The molecule has 5 heteroatoms. The van der Waals surface area contributed by atoms with Gasteiger partial charge in [0.1, 0.15) is 5.76 Å². The largest absolute Gasteiger partial charge is 0.467 e. The second-order valence-corrected chi connectivity index (χ2v) is 4.89. The monoisotopic (exact) mass is 271 g/mol. The Morgan fingerprint density at radius 3 is 2.95 bits per heavy atom. The summed E-state index contributed by atoms with van der Waals surface area (Å²) in [6.07, 6.45) is 7.16. The van der Waals surface area contributed by atoms with Crippen molar-refractivity contribution in [3.8, 4) is 0 Å². The van der Waals surface area contributed by atoms with Gasteiger partial charge in [-0.1, -0.05) is 0 Å². The highest BCUT2D eigenvalue weighted by molar-refractivity contribution is 5.94. The number of amides is 1. The molecule has 0 atom stereocenters. The predicted octanol–water partition coefficient (Wildman–Crippen LogP) is 2.52. The van der Waals surface area contributed by atoms with E-state index >= 15 is 0 Å². The number of likely N-dealkylation sites (tertiary alicyclic amines) is 1. The molecule has 0 unspecified atom stereocenters. The van der Waals surface area contributed by atoms with Crippen molar-refractivity contribution in [2.45, 2.75) is 19.4 Å². The van der Waals surface area contributed by atoms with Crippen LogP contribution in [0.1, 0.15) is 29.0 Å². The molecule has 3 rings (SSSR count). The summed E-state index contributed by atoms with van der Waals surface area (Å²) in [5.41, 5.74) is 1.46. The fraction of sp³-hybridized carbons (Fsp3) is 0.333. The van der Waals surface area contributed by atoms with Crippen LogP contribution in [0, 0.1) is 0 Å². The average Bonchev–Trinajstić information content (AvgIpc) is 3.18. The van der Waals surface area contributed by atoms with Gasteiger partial charge in [0.15, 0.2) is 0 Å². The van der Waals surface area contributed by atoms with Crippen molar-refractivity contribution >= 4 is 11.6 Å². The maximum atomic E-state index is 12.3. The van der Waals surface area contributed by atoms with Crippen LogP contribution in [-0.4, -0.2) is 28.9 Å². The quantitative estimate of drug-likeness (QED) is 0.928. The first-order chi connectivity index (χ1) is 9.83. The number of pyridine rings is 1. The standard InChI is InChI=1S/C15H17N3O2/c19-15(18-5-1-2-6-18)12-8-13(10-16-9-12)17-11-14-4-3-7-20-14/h3-4,7-10,17H,1-2,5-6,11H2. The first-order valence-electron chi connectivity index (χ1n) is 6.83. The third-order valence-electron chi connectivity index (χ3n) is 3.43. The molecule has 20 heavy (non-hydrogen) atoms. The van der Waals surface area contributed by atoms with Gasteiger partial charge in [0.25, 0.3) is 5.91 Å². The number of furan rings is 1. The molecule has 0 radical (unpaired) electrons. The molecular weight excluding hydrogens is 254 g/mol. The zero-order valence-corrected chi connectivity index (χ0v) is 11.2. The molecule has 5 nitrogen and oxygen atoms in total. The van der Waals surface area contributed by atoms with E-state index in [0.717, 1.165) is 37.4 Å². The summed E-state index contributed by atoms with van der Waals surface area (Å²) in [5.74, 6) is 0.915. The Labute approximate surface area is 117 Å². The lowest BCUT2D eigenvalue weighted by Crippen LogP contribution is -2.27. The SMILES string of the molecule is O=C(c1cncc(NCc2ccco2)c1)N1CCCC1. The van der Waals surface area contributed by atoms with Crippen LogP contribution in [0.25, 0.3) is 0 Å². The van der Waals surface area contributed by atoms with Crippen LogP contribution >= 0.6 is 0 Å². The minimum Gasteiger partial charge on any atom is -0.467 e. The number of carbonyl (C=O) groups excluding carboxylic acids is 1. The number of aromatic nitrogens is 1. The van der Waals surface area contributed by atoms with Crippen LogP contribution in [0.3, 0.4) is 0 Å². The second kappa shape index (κ2) is 5.77. The van der Waals surface area contributed by atoms with E-state index in [0.29, 0.717) is 12.1 Å². The summed E-state index contributed by atoms with van der Waals surface area (Å²) in [6, 6.07) is 5.60. The Morgan fingerprint density at radius 1 is 1.35 bits per heavy atom. The Balaban J connectivity index is 1.67. The van der Waals surface area contributed by atoms with Crippen molar-refractivity contribution in [3.63, 3.8) is 0 Å². The van der Waals surface area contributed by atoms with Gasteiger partial charge in [-0.25, -0.2) is 0 Å². The number of nitrogens with one attached hydrogen (secondary N) is 1. The van der Waals surface area contributed by atoms with Crippen molar-refractivity contribution in [1.82, 2.24) is 9.88 Å². The third-order valence-corrected chi connectivity index (χ3v) is 3.43. The summed E-state index contributed by atoms with van der Waals surface area (Å²) < 4.78 is 5.26. The number of anilines is 1. The maximum absolute atomic E-state index is 12.3. The Kier molecular flexibility index (Phi) is 3.67. The van der Waals surface area contributed by atoms with E-state index in [1.807, 2.05) is 23.1 Å². The van der Waals surface area contributed by atoms with E-state index in [-0.39, 0.29) is 5.91 Å². The van der Waals surface area contributed by atoms with Gasteiger partial charge in [0.05, 0.1) is 24.1 Å². The summed E-state index contributed by atoms with van der Waals surface area (Å²) >= 11 is 0. The molecule has 0 saturated carbocycles. The van der Waals surface area contributed by atoms with Crippen molar-refractivity contribution in [2.75, 3.05) is 18.4 Å². The fourth-order valence-electron chi connectivity index (χ4n) is 2.36. The van der Waals surface area contributed by atoms with Gasteiger partial charge in [-0.05, 0) is 31.0 Å². The van der Waals surface area contributed by atoms with Crippen LogP contribution in [-0.2, 0) is 6.54 Å². The smallest absolute Gasteiger partial charge is 0.255 e. The molecule has 1 saturated heterocycles. The molecule has 0 bridgehead atoms. The molecule has 1 fully saturated rings. The fourth-order valence-corrected chi connectivity index (χ4v) is 2.36. The number of carbonyl (C=O) groups is 1. The van der Waals surface area contributed by atoms with Crippen LogP contribution < -0.4 is 5.32 Å². The van der Waals surface area contributed by atoms with Gasteiger partial charge >= 0.3 is 0 Å². The molecule has 0 aliphatic carbocycles. The molecular formula is C15H17N3O2. The number of rotatable bonds is 4. The summed E-state index contributed by atoms with van der Waals surface area (Å²) in [7, 11) is 0. The van der Waals surface area contributed by atoms with Crippen LogP contribution in [0.15, 0.2) is 41.3 Å². The molecule has 3 heterocycles. The summed E-state index contributed by atoms with van der Waals surface area (Å²) in [6.45, 7) is 2.28. The Bertz CT molecular complexity index is 575. The van der Waals surface area contributed by atoms with E-state index in [9.17, 15) is 4.79 Å². The normalized spacial score (nSPS) is 14.5. The van der Waals surface area contributed by atoms with Gasteiger partial charge in [-0.3, -0.25) is 9.78 Å². The highest BCUT2D eigenvalue weighted by atomic mass is 16.3. The predicted molar refractivity (Wildman–Crippen MR) is 75.4 cm³/mol. The molecule has 104 valence electrons. The molecule has 1 amide bonds. The molecule has 0 spiro atoms. The molecule has 2 aromatic rings. The number of hydrogen-bond donors (Lipinski definition) is 1. The topological polar surface area (TPSA) is 58.4 Å². The highest BCUT2D eigenvalue weighted by Gasteiger charge is 2.19. The lowest BCUT2D eigenvalue weighted by atomic mass is 10.2. The Hall–Kier alpha value is -2.30. The number of hydrogen-bond acceptors (Lipinski definition) is 4. The first kappa shape index (κ1) is 12.7. The van der Waals surface area contributed by atoms with Crippen molar-refractivity contribution in [1.29, 1.82) is 0 Å².